The van der Waals surface area contributed by atoms with Crippen molar-refractivity contribution in [2.45, 2.75) is 400 Å². The van der Waals surface area contributed by atoms with E-state index in [4.69, 9.17) is 37.0 Å². The van der Waals surface area contributed by atoms with Crippen LogP contribution < -0.4 is 0 Å². The minimum atomic E-state index is -4.95. The molecule has 3 unspecified atom stereocenters. The first-order valence-electron chi connectivity index (χ1n) is 38.5. The van der Waals surface area contributed by atoms with E-state index in [1.807, 2.05) is 0 Å². The van der Waals surface area contributed by atoms with Crippen LogP contribution in [0, 0.1) is 11.8 Å². The van der Waals surface area contributed by atoms with E-state index in [1.54, 1.807) is 0 Å². The summed E-state index contributed by atoms with van der Waals surface area (Å²) in [5.41, 5.74) is 0. The second-order valence-electron chi connectivity index (χ2n) is 27.4. The lowest BCUT2D eigenvalue weighted by atomic mass is 9.99. The van der Waals surface area contributed by atoms with Crippen LogP contribution >= 0.6 is 15.6 Å². The number of ether oxygens (including phenoxy) is 4. The summed E-state index contributed by atoms with van der Waals surface area (Å²) in [6, 6.07) is 0. The van der Waals surface area contributed by atoms with Crippen molar-refractivity contribution >= 4 is 39.5 Å². The number of hydrogen-bond donors (Lipinski definition) is 3. The molecule has 17 nitrogen and oxygen atoms in total. The molecule has 552 valence electrons. The second-order valence-corrected chi connectivity index (χ2v) is 30.3. The first-order valence-corrected chi connectivity index (χ1v) is 41.5. The van der Waals surface area contributed by atoms with Crippen LogP contribution in [0.3, 0.4) is 0 Å². The fourth-order valence-corrected chi connectivity index (χ4v) is 12.8. The molecule has 0 aliphatic rings. The summed E-state index contributed by atoms with van der Waals surface area (Å²) in [4.78, 5) is 72.6. The predicted molar refractivity (Wildman–Crippen MR) is 377 cm³/mol. The molecule has 0 radical (unpaired) electrons. The fourth-order valence-electron chi connectivity index (χ4n) is 11.3. The van der Waals surface area contributed by atoms with Gasteiger partial charge in [-0.15, -0.1) is 0 Å². The molecule has 3 N–H and O–H groups in total. The molecule has 0 bridgehead atoms. The molecule has 0 heterocycles. The minimum absolute atomic E-state index is 0.105. The van der Waals surface area contributed by atoms with Gasteiger partial charge >= 0.3 is 39.5 Å². The molecule has 93 heavy (non-hydrogen) atoms. The van der Waals surface area contributed by atoms with Gasteiger partial charge in [0.1, 0.15) is 19.3 Å². The summed E-state index contributed by atoms with van der Waals surface area (Å²) in [6.45, 7) is 9.54. The van der Waals surface area contributed by atoms with E-state index in [1.165, 1.54) is 186 Å². The van der Waals surface area contributed by atoms with Crippen molar-refractivity contribution in [1.82, 2.24) is 0 Å². The molecule has 0 fully saturated rings. The summed E-state index contributed by atoms with van der Waals surface area (Å²) in [5.74, 6) is -0.584. The smallest absolute Gasteiger partial charge is 0.462 e. The van der Waals surface area contributed by atoms with Gasteiger partial charge in [-0.1, -0.05) is 330 Å². The molecule has 0 spiro atoms. The van der Waals surface area contributed by atoms with Crippen molar-refractivity contribution in [3.8, 4) is 0 Å². The largest absolute Gasteiger partial charge is 0.472 e. The van der Waals surface area contributed by atoms with Gasteiger partial charge < -0.3 is 33.8 Å². The number of unbranched alkanes of at least 4 members (excludes halogenated alkanes) is 42. The number of phosphoric acid groups is 2. The molecular weight excluding hydrogens is 1220 g/mol. The number of hydrogen-bond acceptors (Lipinski definition) is 15. The predicted octanol–water partition coefficient (Wildman–Crippen LogP) is 21.6. The first kappa shape index (κ1) is 91.1. The normalized spacial score (nSPS) is 14.3. The molecule has 0 saturated heterocycles. The van der Waals surface area contributed by atoms with Crippen LogP contribution in [0.5, 0.6) is 0 Å². The third-order valence-electron chi connectivity index (χ3n) is 17.6. The van der Waals surface area contributed by atoms with Crippen LogP contribution in [-0.2, 0) is 65.4 Å². The van der Waals surface area contributed by atoms with Crippen molar-refractivity contribution in [1.29, 1.82) is 0 Å². The molecule has 0 aliphatic carbocycles. The number of aliphatic hydroxyl groups excluding tert-OH is 1. The Hall–Kier alpha value is -1.94. The summed E-state index contributed by atoms with van der Waals surface area (Å²) >= 11 is 0. The minimum Gasteiger partial charge on any atom is -0.462 e. The molecule has 0 saturated carbocycles. The average Bonchev–Trinajstić information content (AvgIpc) is 3.23. The topological polar surface area (TPSA) is 237 Å². The highest BCUT2D eigenvalue weighted by Crippen LogP contribution is 2.45. The summed E-state index contributed by atoms with van der Waals surface area (Å²) in [6.07, 6.45) is 52.9. The Morgan fingerprint density at radius 1 is 0.312 bits per heavy atom. The highest BCUT2D eigenvalue weighted by Gasteiger charge is 2.30. The van der Waals surface area contributed by atoms with E-state index < -0.39 is 97.5 Å². The van der Waals surface area contributed by atoms with Gasteiger partial charge in [-0.05, 0) is 37.5 Å². The monoisotopic (exact) mass is 1370 g/mol. The van der Waals surface area contributed by atoms with Gasteiger partial charge in [-0.2, -0.15) is 0 Å². The van der Waals surface area contributed by atoms with Crippen LogP contribution in [0.1, 0.15) is 382 Å². The Kier molecular flexibility index (Phi) is 64.6. The zero-order valence-electron chi connectivity index (χ0n) is 60.6. The third kappa shape index (κ3) is 67.0. The average molecular weight is 1370 g/mol. The van der Waals surface area contributed by atoms with Gasteiger partial charge in [-0.25, -0.2) is 9.13 Å². The SMILES string of the molecule is CCCCCCCCCCCCCCCCCCCCCCC(=O)O[C@H](COC(=O)CCCCCCCCCCCCCC(C)C)COP(=O)(O)OC[C@@H](O)COP(=O)(O)OC[C@@H](COC(=O)CCCCCCCCC)OC(=O)CCCCCCCCCCC(C)CC. The number of carbonyl (C=O) groups is 4. The quantitative estimate of drug-likeness (QED) is 0.0222. The molecular formula is C74H144O17P2. The first-order chi connectivity index (χ1) is 44.9. The van der Waals surface area contributed by atoms with Crippen molar-refractivity contribution in [3.05, 3.63) is 0 Å². The number of rotatable bonds is 73. The summed E-state index contributed by atoms with van der Waals surface area (Å²) in [5, 5.41) is 10.6. The molecule has 0 aromatic rings. The van der Waals surface area contributed by atoms with Crippen molar-refractivity contribution < 1.29 is 80.2 Å². The molecule has 0 rings (SSSR count). The lowest BCUT2D eigenvalue weighted by Gasteiger charge is -2.21. The molecule has 0 aromatic heterocycles. The van der Waals surface area contributed by atoms with Gasteiger partial charge in [0.25, 0.3) is 0 Å². The van der Waals surface area contributed by atoms with E-state index in [2.05, 4.69) is 41.5 Å². The van der Waals surface area contributed by atoms with E-state index in [0.717, 1.165) is 115 Å². The Balaban J connectivity index is 5.18. The summed E-state index contributed by atoms with van der Waals surface area (Å²) in [7, 11) is -9.90. The van der Waals surface area contributed by atoms with Gasteiger partial charge in [0.05, 0.1) is 26.4 Å². The number of esters is 4. The number of aliphatic hydroxyl groups is 1. The Bertz CT molecular complexity index is 1810. The molecule has 0 aliphatic heterocycles. The van der Waals surface area contributed by atoms with Crippen molar-refractivity contribution in [2.24, 2.45) is 11.8 Å². The molecule has 19 heteroatoms. The fraction of sp³-hybridized carbons (Fsp3) is 0.946. The van der Waals surface area contributed by atoms with Gasteiger partial charge in [-0.3, -0.25) is 37.3 Å². The Morgan fingerprint density at radius 2 is 0.548 bits per heavy atom. The third-order valence-corrected chi connectivity index (χ3v) is 19.5. The van der Waals surface area contributed by atoms with Crippen LogP contribution in [0.25, 0.3) is 0 Å². The highest BCUT2D eigenvalue weighted by atomic mass is 31.2. The van der Waals surface area contributed by atoms with Gasteiger partial charge in [0, 0.05) is 25.7 Å². The van der Waals surface area contributed by atoms with E-state index in [9.17, 15) is 43.2 Å². The second kappa shape index (κ2) is 66.0. The van der Waals surface area contributed by atoms with Crippen LogP contribution in [0.15, 0.2) is 0 Å². The zero-order chi connectivity index (χ0) is 68.6. The summed E-state index contributed by atoms with van der Waals surface area (Å²) < 4.78 is 68.3. The van der Waals surface area contributed by atoms with E-state index in [0.29, 0.717) is 25.7 Å². The maximum Gasteiger partial charge on any atom is 0.472 e. The Labute approximate surface area is 568 Å². The maximum absolute atomic E-state index is 13.1. The molecule has 6 atom stereocenters. The molecule has 0 amide bonds. The Morgan fingerprint density at radius 3 is 0.817 bits per heavy atom. The molecule has 0 aromatic carbocycles. The highest BCUT2D eigenvalue weighted by molar-refractivity contribution is 7.47. The standard InChI is InChI=1S/C74H144O17P2/c1-7-10-12-14-16-17-18-19-20-21-22-23-24-25-26-29-33-40-46-52-58-73(78)90-70(63-85-72(77)57-51-45-39-32-30-27-28-31-37-42-48-54-66(4)5)65-89-93(82,83)87-61-68(75)60-86-92(80,81)88-64-69(62-84-71(76)56-50-44-36-15-13-11-8-2)91-74(79)59-53-47-41-35-34-38-43-49-55-67(6)9-3/h66-70,75H,7-65H2,1-6H3,(H,80,81)(H,82,83)/t67?,68-,69+,70+/m0/s1. The zero-order valence-corrected chi connectivity index (χ0v) is 62.3. The van der Waals surface area contributed by atoms with Gasteiger partial charge in [0.15, 0.2) is 12.2 Å². The van der Waals surface area contributed by atoms with E-state index in [-0.39, 0.29) is 25.7 Å². The van der Waals surface area contributed by atoms with Crippen LogP contribution in [-0.4, -0.2) is 96.7 Å². The number of phosphoric ester groups is 2. The van der Waals surface area contributed by atoms with Crippen LogP contribution in [0.4, 0.5) is 0 Å². The van der Waals surface area contributed by atoms with E-state index >= 15 is 0 Å². The van der Waals surface area contributed by atoms with Crippen molar-refractivity contribution in [3.63, 3.8) is 0 Å². The lowest BCUT2D eigenvalue weighted by molar-refractivity contribution is -0.161. The maximum atomic E-state index is 13.1. The number of carbonyl (C=O) groups excluding carboxylic acids is 4. The lowest BCUT2D eigenvalue weighted by Crippen LogP contribution is -2.30. The van der Waals surface area contributed by atoms with Gasteiger partial charge in [0.2, 0.25) is 0 Å². The van der Waals surface area contributed by atoms with Crippen molar-refractivity contribution in [2.75, 3.05) is 39.6 Å². The van der Waals surface area contributed by atoms with Crippen LogP contribution in [0.2, 0.25) is 0 Å².